The average Bonchev–Trinajstić information content (AvgIpc) is 2.86. The van der Waals surface area contributed by atoms with Crippen LogP contribution in [0.1, 0.15) is 115 Å². The quantitative estimate of drug-likeness (QED) is 0.370. The van der Waals surface area contributed by atoms with Crippen LogP contribution < -0.4 is 4.74 Å². The first-order valence-electron chi connectivity index (χ1n) is 13.9. The lowest BCUT2D eigenvalue weighted by molar-refractivity contribution is 0.108. The molecule has 1 aromatic rings. The number of allylic oxidation sites excluding steroid dienone is 1. The van der Waals surface area contributed by atoms with E-state index in [-0.39, 0.29) is 11.7 Å². The van der Waals surface area contributed by atoms with Crippen LogP contribution in [0.15, 0.2) is 24.5 Å². The summed E-state index contributed by atoms with van der Waals surface area (Å²) in [6.45, 7) is 4.11. The molecule has 3 aliphatic carbocycles. The summed E-state index contributed by atoms with van der Waals surface area (Å²) in [6, 6.07) is 3.32. The van der Waals surface area contributed by atoms with Crippen LogP contribution in [0.25, 0.3) is 0 Å². The van der Waals surface area contributed by atoms with Gasteiger partial charge in [0.15, 0.2) is 11.6 Å². The fourth-order valence-electron chi connectivity index (χ4n) is 7.44. The van der Waals surface area contributed by atoms with E-state index in [1.807, 2.05) is 0 Å². The predicted octanol–water partition coefficient (Wildman–Crippen LogP) is 9.56. The van der Waals surface area contributed by atoms with Crippen molar-refractivity contribution in [1.82, 2.24) is 0 Å². The van der Waals surface area contributed by atoms with Gasteiger partial charge < -0.3 is 4.74 Å². The Hall–Kier alpha value is -1.38. The van der Waals surface area contributed by atoms with E-state index in [0.717, 1.165) is 42.4 Å². The largest absolute Gasteiger partial charge is 0.462 e. The fourth-order valence-corrected chi connectivity index (χ4v) is 7.44. The molecule has 0 N–H and O–H groups in total. The zero-order valence-electron chi connectivity index (χ0n) is 20.8. The maximum absolute atomic E-state index is 14.7. The molecule has 0 atom stereocenters. The van der Waals surface area contributed by atoms with Gasteiger partial charge in [0, 0.05) is 0 Å². The molecule has 0 radical (unpaired) electrons. The lowest BCUT2D eigenvalue weighted by atomic mass is 9.64. The molecule has 184 valence electrons. The van der Waals surface area contributed by atoms with Gasteiger partial charge in [0.2, 0.25) is 5.82 Å². The number of benzene rings is 1. The van der Waals surface area contributed by atoms with Crippen molar-refractivity contribution in [2.75, 3.05) is 0 Å². The molecule has 3 saturated carbocycles. The van der Waals surface area contributed by atoms with Gasteiger partial charge in [-0.25, -0.2) is 4.39 Å². The maximum Gasteiger partial charge on any atom is 0.201 e. The van der Waals surface area contributed by atoms with Crippen molar-refractivity contribution >= 4 is 0 Å². The minimum absolute atomic E-state index is 0.0290. The molecule has 0 unspecified atom stereocenters. The van der Waals surface area contributed by atoms with E-state index in [1.165, 1.54) is 83.3 Å². The van der Waals surface area contributed by atoms with Crippen molar-refractivity contribution in [2.24, 2.45) is 29.6 Å². The zero-order valence-corrected chi connectivity index (χ0v) is 20.8. The van der Waals surface area contributed by atoms with E-state index in [1.54, 1.807) is 25.1 Å². The summed E-state index contributed by atoms with van der Waals surface area (Å²) in [7, 11) is 0. The van der Waals surface area contributed by atoms with Crippen molar-refractivity contribution in [1.29, 1.82) is 0 Å². The number of ether oxygens (including phenoxy) is 1. The minimum atomic E-state index is -0.852. The molecule has 0 spiro atoms. The number of hydrogen-bond acceptors (Lipinski definition) is 1. The summed E-state index contributed by atoms with van der Waals surface area (Å²) in [4.78, 5) is 0. The van der Waals surface area contributed by atoms with Gasteiger partial charge in [0.25, 0.3) is 0 Å². The Morgan fingerprint density at radius 2 is 1.27 bits per heavy atom. The van der Waals surface area contributed by atoms with Gasteiger partial charge in [-0.2, -0.15) is 4.39 Å². The van der Waals surface area contributed by atoms with Gasteiger partial charge in [0.1, 0.15) is 0 Å². The SMILES string of the molecule is CC=COc1ccc(C2CCC(C3CCC(C4CCC(CCC)CC4)CC3)CC2)c(F)c1F. The highest BCUT2D eigenvalue weighted by Gasteiger charge is 2.35. The Balaban J connectivity index is 1.24. The van der Waals surface area contributed by atoms with E-state index >= 15 is 0 Å². The molecule has 0 saturated heterocycles. The normalized spacial score (nSPS) is 33.3. The van der Waals surface area contributed by atoms with Crippen molar-refractivity contribution in [3.05, 3.63) is 41.7 Å². The smallest absolute Gasteiger partial charge is 0.201 e. The highest BCUT2D eigenvalue weighted by Crippen LogP contribution is 2.47. The lowest BCUT2D eigenvalue weighted by Gasteiger charge is -2.41. The Labute approximate surface area is 200 Å². The molecular formula is C30H44F2O. The molecular weight excluding hydrogens is 414 g/mol. The van der Waals surface area contributed by atoms with Crippen LogP contribution in [0.3, 0.4) is 0 Å². The standard InChI is InChI=1S/C30H44F2O/c1-3-5-21-6-8-22(9-7-21)23-10-12-24(13-11-23)25-14-16-26(17-15-25)27-18-19-28(33-20-4-2)30(32)29(27)31/h4,18-26H,3,5-17H2,1-2H3. The zero-order chi connectivity index (χ0) is 23.2. The average molecular weight is 459 g/mol. The van der Waals surface area contributed by atoms with Crippen LogP contribution in [0, 0.1) is 41.2 Å². The van der Waals surface area contributed by atoms with E-state index in [0.29, 0.717) is 5.56 Å². The first-order valence-corrected chi connectivity index (χ1v) is 13.9. The molecule has 33 heavy (non-hydrogen) atoms. The minimum Gasteiger partial charge on any atom is -0.462 e. The molecule has 0 amide bonds. The number of hydrogen-bond donors (Lipinski definition) is 0. The maximum atomic E-state index is 14.7. The Bertz CT molecular complexity index is 764. The van der Waals surface area contributed by atoms with Crippen molar-refractivity contribution < 1.29 is 13.5 Å². The van der Waals surface area contributed by atoms with Crippen LogP contribution in [0.4, 0.5) is 8.78 Å². The van der Waals surface area contributed by atoms with Gasteiger partial charge in [-0.05, 0) is 118 Å². The van der Waals surface area contributed by atoms with Crippen LogP contribution in [-0.4, -0.2) is 0 Å². The second-order valence-corrected chi connectivity index (χ2v) is 11.2. The molecule has 1 nitrogen and oxygen atoms in total. The van der Waals surface area contributed by atoms with E-state index in [9.17, 15) is 8.78 Å². The third kappa shape index (κ3) is 6.01. The molecule has 1 aromatic carbocycles. The number of halogens is 2. The first-order chi connectivity index (χ1) is 16.1. The van der Waals surface area contributed by atoms with Gasteiger partial charge in [-0.15, -0.1) is 0 Å². The van der Waals surface area contributed by atoms with Gasteiger partial charge in [0.05, 0.1) is 6.26 Å². The third-order valence-corrected chi connectivity index (χ3v) is 9.36. The van der Waals surface area contributed by atoms with Crippen LogP contribution >= 0.6 is 0 Å². The first kappa shape index (κ1) is 24.7. The van der Waals surface area contributed by atoms with Gasteiger partial charge in [-0.3, -0.25) is 0 Å². The Kier molecular flexibility index (Phi) is 8.88. The summed E-state index contributed by atoms with van der Waals surface area (Å²) in [5.41, 5.74) is 0.543. The monoisotopic (exact) mass is 458 g/mol. The van der Waals surface area contributed by atoms with Crippen molar-refractivity contribution in [3.8, 4) is 5.75 Å². The summed E-state index contributed by atoms with van der Waals surface area (Å²) in [6.07, 6.45) is 21.7. The molecule has 0 aromatic heterocycles. The van der Waals surface area contributed by atoms with E-state index < -0.39 is 11.6 Å². The van der Waals surface area contributed by atoms with Crippen LogP contribution in [0.5, 0.6) is 5.75 Å². The van der Waals surface area contributed by atoms with Crippen LogP contribution in [0.2, 0.25) is 0 Å². The van der Waals surface area contributed by atoms with Gasteiger partial charge in [-0.1, -0.05) is 44.7 Å². The summed E-state index contributed by atoms with van der Waals surface area (Å²) >= 11 is 0. The molecule has 3 aliphatic rings. The lowest BCUT2D eigenvalue weighted by Crippen LogP contribution is -2.29. The second-order valence-electron chi connectivity index (χ2n) is 11.2. The highest BCUT2D eigenvalue weighted by atomic mass is 19.2. The summed E-state index contributed by atoms with van der Waals surface area (Å²) < 4.78 is 34.3. The highest BCUT2D eigenvalue weighted by molar-refractivity contribution is 5.33. The topological polar surface area (TPSA) is 9.23 Å². The number of rotatable bonds is 7. The Morgan fingerprint density at radius 1 is 0.758 bits per heavy atom. The third-order valence-electron chi connectivity index (χ3n) is 9.36. The van der Waals surface area contributed by atoms with Crippen molar-refractivity contribution in [3.63, 3.8) is 0 Å². The van der Waals surface area contributed by atoms with Gasteiger partial charge >= 0.3 is 0 Å². The molecule has 3 heteroatoms. The van der Waals surface area contributed by atoms with Crippen LogP contribution in [-0.2, 0) is 0 Å². The van der Waals surface area contributed by atoms with E-state index in [4.69, 9.17) is 4.74 Å². The van der Waals surface area contributed by atoms with E-state index in [2.05, 4.69) is 6.92 Å². The fraction of sp³-hybridized carbons (Fsp3) is 0.733. The summed E-state index contributed by atoms with van der Waals surface area (Å²) in [5.74, 6) is 3.16. The Morgan fingerprint density at radius 3 is 1.79 bits per heavy atom. The molecule has 0 heterocycles. The molecule has 0 bridgehead atoms. The summed E-state index contributed by atoms with van der Waals surface area (Å²) in [5, 5.41) is 0. The molecule has 3 fully saturated rings. The second kappa shape index (κ2) is 11.8. The van der Waals surface area contributed by atoms with Crippen molar-refractivity contribution in [2.45, 2.75) is 110 Å². The molecule has 4 rings (SSSR count). The molecule has 0 aliphatic heterocycles. The predicted molar refractivity (Wildman–Crippen MR) is 132 cm³/mol.